The van der Waals surface area contributed by atoms with E-state index >= 15 is 0 Å². The fourth-order valence-electron chi connectivity index (χ4n) is 3.89. The third-order valence-corrected chi connectivity index (χ3v) is 7.54. The van der Waals surface area contributed by atoms with Gasteiger partial charge < -0.3 is 14.8 Å². The number of para-hydroxylation sites is 1. The lowest BCUT2D eigenvalue weighted by Gasteiger charge is -2.28. The summed E-state index contributed by atoms with van der Waals surface area (Å²) >= 11 is 0. The van der Waals surface area contributed by atoms with Gasteiger partial charge in [0, 0.05) is 30.6 Å². The molecule has 4 rings (SSSR count). The molecule has 1 saturated heterocycles. The number of amides is 1. The van der Waals surface area contributed by atoms with Crippen molar-refractivity contribution < 1.29 is 22.7 Å². The van der Waals surface area contributed by atoms with E-state index < -0.39 is 10.0 Å². The van der Waals surface area contributed by atoms with Crippen molar-refractivity contribution in [3.8, 4) is 5.75 Å². The zero-order chi connectivity index (χ0) is 21.1. The molecule has 2 aliphatic rings. The van der Waals surface area contributed by atoms with Crippen LogP contribution in [-0.4, -0.2) is 51.5 Å². The maximum Gasteiger partial charge on any atom is 0.251 e. The number of carbonyl (C=O) groups excluding carboxylic acids is 1. The van der Waals surface area contributed by atoms with Crippen LogP contribution in [0.2, 0.25) is 0 Å². The van der Waals surface area contributed by atoms with E-state index in [1.165, 1.54) is 10.4 Å². The molecule has 0 aliphatic carbocycles. The number of ether oxygens (including phenoxy) is 2. The van der Waals surface area contributed by atoms with Gasteiger partial charge in [-0.05, 0) is 30.2 Å². The molecule has 160 valence electrons. The highest BCUT2D eigenvalue weighted by molar-refractivity contribution is 7.89. The van der Waals surface area contributed by atoms with E-state index in [9.17, 15) is 13.2 Å². The van der Waals surface area contributed by atoms with E-state index in [0.29, 0.717) is 56.9 Å². The summed E-state index contributed by atoms with van der Waals surface area (Å²) in [6.07, 6.45) is 1.23. The summed E-state index contributed by atoms with van der Waals surface area (Å²) in [5.41, 5.74) is 1.97. The van der Waals surface area contributed by atoms with Crippen molar-refractivity contribution in [2.45, 2.75) is 30.7 Å². The molecule has 0 aromatic heterocycles. The number of carbonyl (C=O) groups is 1. The van der Waals surface area contributed by atoms with Crippen LogP contribution in [0.5, 0.6) is 5.75 Å². The summed E-state index contributed by atoms with van der Waals surface area (Å²) in [5, 5.41) is 3.04. The van der Waals surface area contributed by atoms with Crippen LogP contribution in [0.25, 0.3) is 0 Å². The number of hydrogen-bond donors (Lipinski definition) is 1. The zero-order valence-corrected chi connectivity index (χ0v) is 17.8. The Hall–Kier alpha value is -2.42. The molecule has 0 radical (unpaired) electrons. The molecule has 0 saturated carbocycles. The minimum atomic E-state index is -3.69. The molecule has 7 nitrogen and oxygen atoms in total. The fraction of sp³-hybridized carbons (Fsp3) is 0.409. The van der Waals surface area contributed by atoms with Gasteiger partial charge in [-0.1, -0.05) is 31.2 Å². The second-order valence-electron chi connectivity index (χ2n) is 7.39. The van der Waals surface area contributed by atoms with E-state index in [-0.39, 0.29) is 16.8 Å². The first-order chi connectivity index (χ1) is 14.5. The van der Waals surface area contributed by atoms with Crippen LogP contribution < -0.4 is 10.1 Å². The van der Waals surface area contributed by atoms with Crippen molar-refractivity contribution in [2.75, 3.05) is 32.9 Å². The van der Waals surface area contributed by atoms with Gasteiger partial charge in [0.05, 0.1) is 30.8 Å². The SMILES string of the molecule is CCc1ccc(C(=O)NC2CCOc3ccccc32)cc1S(=O)(=O)N1CCOCC1. The maximum atomic E-state index is 13.2. The van der Waals surface area contributed by atoms with Crippen molar-refractivity contribution in [1.29, 1.82) is 0 Å². The monoisotopic (exact) mass is 430 g/mol. The second kappa shape index (κ2) is 8.75. The zero-order valence-electron chi connectivity index (χ0n) is 17.0. The van der Waals surface area contributed by atoms with Gasteiger partial charge in [-0.2, -0.15) is 4.31 Å². The van der Waals surface area contributed by atoms with Gasteiger partial charge in [0.25, 0.3) is 5.91 Å². The number of benzene rings is 2. The first-order valence-corrected chi connectivity index (χ1v) is 11.7. The molecule has 2 aromatic carbocycles. The molecule has 2 aliphatic heterocycles. The fourth-order valence-corrected chi connectivity index (χ4v) is 5.62. The van der Waals surface area contributed by atoms with E-state index in [1.807, 2.05) is 31.2 Å². The summed E-state index contributed by atoms with van der Waals surface area (Å²) in [7, 11) is -3.69. The lowest BCUT2D eigenvalue weighted by molar-refractivity contribution is 0.0730. The summed E-state index contributed by atoms with van der Waals surface area (Å²) in [6, 6.07) is 12.4. The first-order valence-electron chi connectivity index (χ1n) is 10.2. The molecule has 1 unspecified atom stereocenters. The Bertz CT molecular complexity index is 1030. The van der Waals surface area contributed by atoms with Crippen LogP contribution in [0.15, 0.2) is 47.4 Å². The molecule has 0 bridgehead atoms. The number of rotatable bonds is 5. The summed E-state index contributed by atoms with van der Waals surface area (Å²) < 4.78 is 38.8. The summed E-state index contributed by atoms with van der Waals surface area (Å²) in [6.45, 7) is 3.83. The predicted octanol–water partition coefficient (Wildman–Crippen LogP) is 2.52. The highest BCUT2D eigenvalue weighted by atomic mass is 32.2. The third-order valence-electron chi connectivity index (χ3n) is 5.56. The Kier molecular flexibility index (Phi) is 6.08. The Balaban J connectivity index is 1.61. The molecular formula is C22H26N2O5S. The van der Waals surface area contributed by atoms with Crippen LogP contribution in [0.3, 0.4) is 0 Å². The highest BCUT2D eigenvalue weighted by Gasteiger charge is 2.29. The summed E-state index contributed by atoms with van der Waals surface area (Å²) in [4.78, 5) is 13.2. The van der Waals surface area contributed by atoms with Crippen molar-refractivity contribution in [1.82, 2.24) is 9.62 Å². The van der Waals surface area contributed by atoms with E-state index in [4.69, 9.17) is 9.47 Å². The van der Waals surface area contributed by atoms with Crippen LogP contribution in [0.4, 0.5) is 0 Å². The largest absolute Gasteiger partial charge is 0.493 e. The van der Waals surface area contributed by atoms with Gasteiger partial charge in [-0.25, -0.2) is 8.42 Å². The number of nitrogens with one attached hydrogen (secondary N) is 1. The average Bonchev–Trinajstić information content (AvgIpc) is 2.79. The first kappa shape index (κ1) is 20.8. The number of nitrogens with zero attached hydrogens (tertiary/aromatic N) is 1. The maximum absolute atomic E-state index is 13.2. The molecule has 1 N–H and O–H groups in total. The van der Waals surface area contributed by atoms with Crippen LogP contribution in [0.1, 0.15) is 40.9 Å². The highest BCUT2D eigenvalue weighted by Crippen LogP contribution is 2.32. The Morgan fingerprint density at radius 1 is 1.13 bits per heavy atom. The van der Waals surface area contributed by atoms with Crippen molar-refractivity contribution >= 4 is 15.9 Å². The van der Waals surface area contributed by atoms with Crippen LogP contribution in [-0.2, 0) is 21.2 Å². The van der Waals surface area contributed by atoms with E-state index in [1.54, 1.807) is 12.1 Å². The normalized spacial score (nSPS) is 19.6. The molecule has 1 amide bonds. The van der Waals surface area contributed by atoms with Gasteiger partial charge in [-0.3, -0.25) is 4.79 Å². The van der Waals surface area contributed by atoms with Crippen molar-refractivity contribution in [3.05, 3.63) is 59.2 Å². The third kappa shape index (κ3) is 4.08. The standard InChI is InChI=1S/C22H26N2O5S/c1-2-16-7-8-17(15-21(16)30(26,27)24-10-13-28-14-11-24)22(25)23-19-9-12-29-20-6-4-3-5-18(19)20/h3-8,15,19H,2,9-14H2,1H3,(H,23,25). The Morgan fingerprint density at radius 3 is 2.67 bits per heavy atom. The predicted molar refractivity (Wildman–Crippen MR) is 112 cm³/mol. The molecule has 1 fully saturated rings. The second-order valence-corrected chi connectivity index (χ2v) is 9.30. The molecule has 0 spiro atoms. The molecule has 2 aromatic rings. The van der Waals surface area contributed by atoms with Gasteiger partial charge in [0.15, 0.2) is 0 Å². The minimum Gasteiger partial charge on any atom is -0.493 e. The molecular weight excluding hydrogens is 404 g/mol. The Labute approximate surface area is 177 Å². The number of morpholine rings is 1. The molecule has 30 heavy (non-hydrogen) atoms. The smallest absolute Gasteiger partial charge is 0.251 e. The minimum absolute atomic E-state index is 0.174. The van der Waals surface area contributed by atoms with E-state index in [2.05, 4.69) is 5.32 Å². The topological polar surface area (TPSA) is 84.9 Å². The molecule has 8 heteroatoms. The van der Waals surface area contributed by atoms with Gasteiger partial charge >= 0.3 is 0 Å². The lowest BCUT2D eigenvalue weighted by Crippen LogP contribution is -2.41. The van der Waals surface area contributed by atoms with Crippen LogP contribution in [0, 0.1) is 0 Å². The quantitative estimate of drug-likeness (QED) is 0.788. The van der Waals surface area contributed by atoms with E-state index in [0.717, 1.165) is 11.3 Å². The lowest BCUT2D eigenvalue weighted by atomic mass is 10.00. The number of fused-ring (bicyclic) bond motifs is 1. The Morgan fingerprint density at radius 2 is 1.90 bits per heavy atom. The number of hydrogen-bond acceptors (Lipinski definition) is 5. The molecule has 1 atom stereocenters. The number of sulfonamides is 1. The molecule has 2 heterocycles. The van der Waals surface area contributed by atoms with Crippen LogP contribution >= 0.6 is 0 Å². The van der Waals surface area contributed by atoms with Crippen molar-refractivity contribution in [2.24, 2.45) is 0 Å². The van der Waals surface area contributed by atoms with Gasteiger partial charge in [0.2, 0.25) is 10.0 Å². The number of aryl methyl sites for hydroxylation is 1. The van der Waals surface area contributed by atoms with Gasteiger partial charge in [-0.15, -0.1) is 0 Å². The average molecular weight is 431 g/mol. The van der Waals surface area contributed by atoms with Gasteiger partial charge in [0.1, 0.15) is 5.75 Å². The van der Waals surface area contributed by atoms with Crippen molar-refractivity contribution in [3.63, 3.8) is 0 Å². The summed E-state index contributed by atoms with van der Waals surface area (Å²) in [5.74, 6) is 0.476.